The van der Waals surface area contributed by atoms with Crippen LogP contribution in [-0.2, 0) is 4.74 Å². The van der Waals surface area contributed by atoms with E-state index in [4.69, 9.17) is 14.5 Å². The van der Waals surface area contributed by atoms with Crippen LogP contribution in [0.1, 0.15) is 58.9 Å². The van der Waals surface area contributed by atoms with Gasteiger partial charge >= 0.3 is 18.2 Å². The number of amides is 2. The minimum Gasteiger partial charge on any atom is -0.465 e. The molecule has 2 N–H and O–H groups in total. The zero-order chi connectivity index (χ0) is 38.0. The van der Waals surface area contributed by atoms with E-state index in [0.717, 1.165) is 36.8 Å². The van der Waals surface area contributed by atoms with Crippen LogP contribution < -0.4 is 15.0 Å². The quantitative estimate of drug-likeness (QED) is 0.202. The summed E-state index contributed by atoms with van der Waals surface area (Å²) in [4.78, 5) is 43.4. The van der Waals surface area contributed by atoms with Crippen molar-refractivity contribution in [1.29, 1.82) is 5.26 Å². The molecule has 4 aromatic rings. The number of carbonyl (C=O) groups excluding carboxylic acids is 1. The fraction of sp³-hybridized carbons (Fsp3) is 0.500. The number of alkyl halides is 1. The maximum atomic E-state index is 17.0. The molecule has 3 saturated heterocycles. The van der Waals surface area contributed by atoms with Crippen LogP contribution in [-0.4, -0.2) is 105 Å². The number of nitriles is 1. The minimum absolute atomic E-state index is 0.000141. The number of nitrogens with zero attached hydrogens (tertiary/aromatic N) is 7. The Morgan fingerprint density at radius 1 is 1.25 bits per heavy atom. The number of carbonyl (C=O) groups is 2. The third-order valence-corrected chi connectivity index (χ3v) is 11.6. The molecule has 6 heterocycles. The zero-order valence-electron chi connectivity index (χ0n) is 29.9. The van der Waals surface area contributed by atoms with Crippen molar-refractivity contribution in [1.82, 2.24) is 24.8 Å². The average Bonchev–Trinajstić information content (AvgIpc) is 3.84. The van der Waals surface area contributed by atoms with Crippen molar-refractivity contribution in [2.45, 2.75) is 82.8 Å². The molecule has 1 aromatic carbocycles. The van der Waals surface area contributed by atoms with Gasteiger partial charge < -0.3 is 24.4 Å². The van der Waals surface area contributed by atoms with Crippen LogP contribution in [0.4, 0.5) is 33.6 Å². The summed E-state index contributed by atoms with van der Waals surface area (Å²) < 4.78 is 58.4. The van der Waals surface area contributed by atoms with Gasteiger partial charge in [-0.05, 0) is 65.6 Å². The summed E-state index contributed by atoms with van der Waals surface area (Å²) in [5.74, 6) is -1.33. The van der Waals surface area contributed by atoms with Gasteiger partial charge in [-0.3, -0.25) is 15.2 Å². The predicted octanol–water partition coefficient (Wildman–Crippen LogP) is 6.94. The van der Waals surface area contributed by atoms with E-state index < -0.39 is 47.2 Å². The zero-order valence-corrected chi connectivity index (χ0v) is 30.7. The molecule has 53 heavy (non-hydrogen) atoms. The van der Waals surface area contributed by atoms with Gasteiger partial charge in [0.1, 0.15) is 52.3 Å². The van der Waals surface area contributed by atoms with Crippen LogP contribution in [0.15, 0.2) is 18.3 Å². The first-order chi connectivity index (χ1) is 25.1. The van der Waals surface area contributed by atoms with Gasteiger partial charge in [0.2, 0.25) is 0 Å². The van der Waals surface area contributed by atoms with Crippen molar-refractivity contribution in [2.24, 2.45) is 0 Å². The van der Waals surface area contributed by atoms with Crippen LogP contribution in [0.5, 0.6) is 6.01 Å². The molecule has 3 aliphatic rings. The molecule has 0 spiro atoms. The Morgan fingerprint density at radius 3 is 2.72 bits per heavy atom. The minimum atomic E-state index is -1.05. The van der Waals surface area contributed by atoms with Gasteiger partial charge in [-0.25, -0.2) is 22.8 Å². The van der Waals surface area contributed by atoms with Gasteiger partial charge in [-0.2, -0.15) is 15.2 Å². The van der Waals surface area contributed by atoms with Crippen molar-refractivity contribution in [3.63, 3.8) is 0 Å². The number of likely N-dealkylation sites (tertiary alicyclic amines) is 1. The molecule has 0 aliphatic carbocycles. The Morgan fingerprint density at radius 2 is 2.02 bits per heavy atom. The number of rotatable bonds is 7. The number of likely N-dealkylation sites (N-methyl/N-ethyl adjacent to an activating group) is 1. The number of thiophene rings is 1. The van der Waals surface area contributed by atoms with E-state index in [0.29, 0.717) is 25.9 Å². The summed E-state index contributed by atoms with van der Waals surface area (Å²) in [6, 6.07) is 3.56. The monoisotopic (exact) mass is 752 g/mol. The summed E-state index contributed by atoms with van der Waals surface area (Å²) in [7, 11) is 1.74. The second-order valence-electron chi connectivity index (χ2n) is 14.9. The average molecular weight is 753 g/mol. The van der Waals surface area contributed by atoms with E-state index in [2.05, 4.69) is 20.2 Å². The lowest BCUT2D eigenvalue weighted by molar-refractivity contribution is 0.0636. The molecular weight excluding hydrogens is 714 g/mol. The maximum Gasteiger partial charge on any atom is 0.412 e. The van der Waals surface area contributed by atoms with E-state index in [9.17, 15) is 24.3 Å². The van der Waals surface area contributed by atoms with Gasteiger partial charge in [0.05, 0.1) is 33.3 Å². The molecular formula is C36H39F3N8O5S. The van der Waals surface area contributed by atoms with Crippen LogP contribution in [0.25, 0.3) is 32.2 Å². The first-order valence-corrected chi connectivity index (χ1v) is 18.2. The van der Waals surface area contributed by atoms with E-state index in [1.54, 1.807) is 39.6 Å². The van der Waals surface area contributed by atoms with Crippen molar-refractivity contribution >= 4 is 55.3 Å². The lowest BCUT2D eigenvalue weighted by Gasteiger charge is -2.32. The van der Waals surface area contributed by atoms with E-state index in [-0.39, 0.29) is 67.3 Å². The van der Waals surface area contributed by atoms with Crippen LogP contribution in [0.3, 0.4) is 0 Å². The maximum absolute atomic E-state index is 17.0. The summed E-state index contributed by atoms with van der Waals surface area (Å²) >= 11 is 0.810. The summed E-state index contributed by atoms with van der Waals surface area (Å²) in [6.45, 7) is 8.25. The van der Waals surface area contributed by atoms with Crippen molar-refractivity contribution in [2.75, 3.05) is 43.5 Å². The number of hydrogen-bond acceptors (Lipinski definition) is 11. The highest BCUT2D eigenvalue weighted by Gasteiger charge is 2.49. The lowest BCUT2D eigenvalue weighted by atomic mass is 9.95. The Kier molecular flexibility index (Phi) is 9.26. The van der Waals surface area contributed by atoms with Crippen molar-refractivity contribution in [3.8, 4) is 23.3 Å². The number of anilines is 2. The van der Waals surface area contributed by atoms with Gasteiger partial charge in [-0.15, -0.1) is 11.3 Å². The molecule has 3 aromatic heterocycles. The van der Waals surface area contributed by atoms with Crippen LogP contribution in [0, 0.1) is 23.0 Å². The van der Waals surface area contributed by atoms with E-state index >= 15 is 8.78 Å². The second kappa shape index (κ2) is 13.5. The van der Waals surface area contributed by atoms with Gasteiger partial charge in [-0.1, -0.05) is 0 Å². The van der Waals surface area contributed by atoms with Crippen molar-refractivity contribution in [3.05, 3.63) is 35.5 Å². The molecule has 17 heteroatoms. The SMILES string of the molecule is C[C@@H]1[C@H](N(C)c2nc(OC[C@@]34CCCN3C[C@H](F)C4)nc3c(F)c(-c4ccc(F)c5sc(NC(=O)OC(C)(C)C)c(C#N)c45)ncc23)CCN1C(=O)O. The Bertz CT molecular complexity index is 2170. The second-order valence-corrected chi connectivity index (χ2v) is 15.9. The number of aromatic nitrogens is 3. The number of halogens is 3. The fourth-order valence-electron chi connectivity index (χ4n) is 8.02. The Hall–Kier alpha value is -4.95. The molecule has 280 valence electrons. The number of benzene rings is 1. The summed E-state index contributed by atoms with van der Waals surface area (Å²) in [5.41, 5.74) is -1.79. The highest BCUT2D eigenvalue weighted by Crippen LogP contribution is 2.44. The normalized spacial score (nSPS) is 23.0. The highest BCUT2D eigenvalue weighted by molar-refractivity contribution is 7.23. The van der Waals surface area contributed by atoms with Gasteiger partial charge in [0.15, 0.2) is 5.82 Å². The fourth-order valence-corrected chi connectivity index (χ4v) is 9.09. The number of ether oxygens (including phenoxy) is 2. The Balaban J connectivity index is 1.34. The number of carboxylic acid groups (broad SMARTS) is 1. The van der Waals surface area contributed by atoms with Gasteiger partial charge in [0, 0.05) is 43.7 Å². The third kappa shape index (κ3) is 6.52. The van der Waals surface area contributed by atoms with Crippen LogP contribution in [0.2, 0.25) is 0 Å². The molecule has 0 saturated carbocycles. The van der Waals surface area contributed by atoms with E-state index in [1.807, 2.05) is 6.07 Å². The first kappa shape index (κ1) is 36.4. The molecule has 4 atom stereocenters. The largest absolute Gasteiger partial charge is 0.465 e. The Labute approximate surface area is 307 Å². The topological polar surface area (TPSA) is 157 Å². The van der Waals surface area contributed by atoms with Crippen molar-refractivity contribution < 1.29 is 37.3 Å². The number of hydrogen-bond donors (Lipinski definition) is 2. The summed E-state index contributed by atoms with van der Waals surface area (Å²) in [5, 5.41) is 22.8. The number of fused-ring (bicyclic) bond motifs is 3. The lowest BCUT2D eigenvalue weighted by Crippen LogP contribution is -2.44. The molecule has 0 radical (unpaired) electrons. The molecule has 3 fully saturated rings. The van der Waals surface area contributed by atoms with Gasteiger partial charge in [0.25, 0.3) is 0 Å². The highest BCUT2D eigenvalue weighted by atomic mass is 32.1. The molecule has 2 amide bonds. The molecule has 0 unspecified atom stereocenters. The standard InChI is InChI=1S/C36H39F3N8O5S/c1-18-24(9-12-47(18)34(49)50)45(5)30-22-15-41-27(26(39)28(22)42-32(43-30)51-17-36-10-6-11-46(36)16-19(37)13-36)20-7-8-23(38)29-25(20)21(14-40)31(53-29)44-33(48)52-35(2,3)4/h7-8,15,18-19,24H,6,9-13,16-17H2,1-5H3,(H,44,48)(H,49,50)/t18-,19-,24-,36+/m1/s1. The number of pyridine rings is 1. The molecule has 3 aliphatic heterocycles. The summed E-state index contributed by atoms with van der Waals surface area (Å²) in [6.07, 6.45) is 0.896. The molecule has 0 bridgehead atoms. The van der Waals surface area contributed by atoms with E-state index in [1.165, 1.54) is 17.2 Å². The molecule has 13 nitrogen and oxygen atoms in total. The smallest absolute Gasteiger partial charge is 0.412 e. The predicted molar refractivity (Wildman–Crippen MR) is 192 cm³/mol. The third-order valence-electron chi connectivity index (χ3n) is 10.4. The molecule has 7 rings (SSSR count). The van der Waals surface area contributed by atoms with Crippen LogP contribution >= 0.6 is 11.3 Å². The number of nitrogens with one attached hydrogen (secondary N) is 1. The first-order valence-electron chi connectivity index (χ1n) is 17.4.